The topological polar surface area (TPSA) is 102 Å². The van der Waals surface area contributed by atoms with Gasteiger partial charge in [-0.2, -0.15) is 0 Å². The lowest BCUT2D eigenvalue weighted by Gasteiger charge is -2.23. The minimum Gasteiger partial charge on any atom is -0.507 e. The number of carbonyl (C=O) groups excluding carboxylic acids is 2. The second-order valence-corrected chi connectivity index (χ2v) is 11.0. The molecule has 2 aliphatic heterocycles. The van der Waals surface area contributed by atoms with Gasteiger partial charge in [-0.3, -0.25) is 14.5 Å². The van der Waals surface area contributed by atoms with Crippen LogP contribution in [0.2, 0.25) is 0 Å². The fraction of sp³-hybridized carbons (Fsp3) is 0.143. The van der Waals surface area contributed by atoms with Crippen molar-refractivity contribution in [3.8, 4) is 11.5 Å². The van der Waals surface area contributed by atoms with E-state index in [1.807, 2.05) is 0 Å². The minimum atomic E-state index is -1.31. The van der Waals surface area contributed by atoms with Crippen LogP contribution in [-0.2, 0) is 15.3 Å². The van der Waals surface area contributed by atoms with E-state index in [0.717, 1.165) is 16.2 Å². The molecule has 0 radical (unpaired) electrons. The summed E-state index contributed by atoms with van der Waals surface area (Å²) in [5.74, 6) is -2.41. The zero-order valence-electron chi connectivity index (χ0n) is 20.5. The van der Waals surface area contributed by atoms with E-state index in [1.54, 1.807) is 30.3 Å². The van der Waals surface area contributed by atoms with E-state index in [4.69, 9.17) is 9.47 Å². The van der Waals surface area contributed by atoms with E-state index in [0.29, 0.717) is 34.6 Å². The van der Waals surface area contributed by atoms with E-state index < -0.39 is 29.3 Å². The number of hydrogen-bond donors (Lipinski definition) is 1. The molecule has 8 nitrogen and oxygen atoms in total. The molecule has 1 saturated heterocycles. The van der Waals surface area contributed by atoms with Crippen molar-refractivity contribution in [2.45, 2.75) is 16.1 Å². The van der Waals surface area contributed by atoms with E-state index in [1.165, 1.54) is 48.2 Å². The molecule has 4 aromatic rings. The van der Waals surface area contributed by atoms with Gasteiger partial charge >= 0.3 is 5.91 Å². The minimum absolute atomic E-state index is 0.00319. The van der Waals surface area contributed by atoms with Gasteiger partial charge in [-0.05, 0) is 35.9 Å². The Labute approximate surface area is 234 Å². The van der Waals surface area contributed by atoms with Crippen LogP contribution in [0.5, 0.6) is 11.5 Å². The molecule has 2 aliphatic rings. The SMILES string of the molecule is O=C1C(=O)N(c2nnc(SCc3ccccc3F)s2)[C@@H](c2ccccc2F)/C1=C(\O)c1ccc2c(c1)OCCO2. The van der Waals surface area contributed by atoms with Crippen LogP contribution in [-0.4, -0.2) is 40.2 Å². The van der Waals surface area contributed by atoms with Crippen molar-refractivity contribution in [3.05, 3.63) is 101 Å². The number of anilines is 1. The number of thioether (sulfide) groups is 1. The number of ether oxygens (including phenoxy) is 2. The summed E-state index contributed by atoms with van der Waals surface area (Å²) >= 11 is 2.21. The molecule has 0 unspecified atom stereocenters. The number of rotatable bonds is 6. The number of nitrogens with zero attached hydrogens (tertiary/aromatic N) is 3. The van der Waals surface area contributed by atoms with Gasteiger partial charge in [-0.25, -0.2) is 8.78 Å². The number of aliphatic hydroxyl groups excluding tert-OH is 1. The van der Waals surface area contributed by atoms with Crippen LogP contribution < -0.4 is 14.4 Å². The molecule has 1 aromatic heterocycles. The van der Waals surface area contributed by atoms with E-state index in [2.05, 4.69) is 10.2 Å². The zero-order valence-corrected chi connectivity index (χ0v) is 22.2. The van der Waals surface area contributed by atoms with E-state index >= 15 is 4.39 Å². The van der Waals surface area contributed by atoms with Gasteiger partial charge in [0.05, 0.1) is 5.57 Å². The Balaban J connectivity index is 1.40. The molecule has 3 heterocycles. The first-order valence-corrected chi connectivity index (χ1v) is 13.9. The van der Waals surface area contributed by atoms with Gasteiger partial charge < -0.3 is 14.6 Å². The van der Waals surface area contributed by atoms with Crippen LogP contribution in [0, 0.1) is 11.6 Å². The van der Waals surface area contributed by atoms with Gasteiger partial charge in [0.25, 0.3) is 5.78 Å². The Morgan fingerprint density at radius 2 is 1.70 bits per heavy atom. The number of hydrogen-bond acceptors (Lipinski definition) is 9. The zero-order chi connectivity index (χ0) is 27.8. The lowest BCUT2D eigenvalue weighted by atomic mass is 9.95. The lowest BCUT2D eigenvalue weighted by Crippen LogP contribution is -2.29. The molecule has 3 aromatic carbocycles. The smallest absolute Gasteiger partial charge is 0.301 e. The number of benzene rings is 3. The fourth-order valence-corrected chi connectivity index (χ4v) is 6.33. The summed E-state index contributed by atoms with van der Waals surface area (Å²) in [6.07, 6.45) is 0. The highest BCUT2D eigenvalue weighted by molar-refractivity contribution is 8.00. The van der Waals surface area contributed by atoms with Crippen LogP contribution >= 0.6 is 23.1 Å². The molecule has 0 saturated carbocycles. The summed E-state index contributed by atoms with van der Waals surface area (Å²) in [5.41, 5.74) is 0.358. The molecule has 0 spiro atoms. The highest BCUT2D eigenvalue weighted by Crippen LogP contribution is 2.45. The van der Waals surface area contributed by atoms with Crippen molar-refractivity contribution in [1.82, 2.24) is 10.2 Å². The van der Waals surface area contributed by atoms with Crippen molar-refractivity contribution in [1.29, 1.82) is 0 Å². The van der Waals surface area contributed by atoms with Gasteiger partial charge in [-0.1, -0.05) is 59.5 Å². The van der Waals surface area contributed by atoms with E-state index in [9.17, 15) is 19.1 Å². The number of aromatic nitrogens is 2. The maximum absolute atomic E-state index is 15.1. The van der Waals surface area contributed by atoms with Crippen LogP contribution in [0.4, 0.5) is 13.9 Å². The molecule has 1 N–H and O–H groups in total. The third-order valence-electron chi connectivity index (χ3n) is 6.37. The highest BCUT2D eigenvalue weighted by Gasteiger charge is 2.49. The molecule has 0 bridgehead atoms. The van der Waals surface area contributed by atoms with Crippen LogP contribution in [0.1, 0.15) is 22.7 Å². The molecule has 40 heavy (non-hydrogen) atoms. The summed E-state index contributed by atoms with van der Waals surface area (Å²) in [6.45, 7) is 0.685. The standard InChI is InChI=1S/C28H19F2N3O5S2/c29-18-7-3-1-5-16(18)14-39-28-32-31-27(40-28)33-23(17-6-2-4-8-19(17)30)22(25(35)26(33)36)24(34)15-9-10-20-21(13-15)38-12-11-37-20/h1-10,13,23,34H,11-12,14H2/b24-22+/t23-/m0/s1. The van der Waals surface area contributed by atoms with Crippen LogP contribution in [0.3, 0.4) is 0 Å². The number of fused-ring (bicyclic) bond motifs is 1. The number of amides is 1. The second kappa shape index (κ2) is 10.7. The predicted molar refractivity (Wildman–Crippen MR) is 144 cm³/mol. The summed E-state index contributed by atoms with van der Waals surface area (Å²) < 4.78 is 40.7. The number of ketones is 1. The fourth-order valence-electron chi connectivity index (χ4n) is 4.48. The van der Waals surface area contributed by atoms with Gasteiger partial charge in [0.15, 0.2) is 15.8 Å². The second-order valence-electron chi connectivity index (χ2n) is 8.78. The predicted octanol–water partition coefficient (Wildman–Crippen LogP) is 5.51. The first-order chi connectivity index (χ1) is 19.4. The molecule has 6 rings (SSSR count). The van der Waals surface area contributed by atoms with Crippen molar-refractivity contribution in [3.63, 3.8) is 0 Å². The first kappa shape index (κ1) is 26.0. The third kappa shape index (κ3) is 4.69. The number of carbonyl (C=O) groups is 2. The van der Waals surface area contributed by atoms with Gasteiger partial charge in [0, 0.05) is 16.9 Å². The van der Waals surface area contributed by atoms with Crippen molar-refractivity contribution in [2.75, 3.05) is 18.1 Å². The van der Waals surface area contributed by atoms with Crippen molar-refractivity contribution < 1.29 is 33.0 Å². The van der Waals surface area contributed by atoms with Crippen LogP contribution in [0.15, 0.2) is 76.6 Å². The van der Waals surface area contributed by atoms with Gasteiger partial charge in [0.2, 0.25) is 5.13 Å². The van der Waals surface area contributed by atoms with Crippen LogP contribution in [0.25, 0.3) is 5.76 Å². The highest BCUT2D eigenvalue weighted by atomic mass is 32.2. The molecular formula is C28H19F2N3O5S2. The molecular weight excluding hydrogens is 560 g/mol. The molecule has 202 valence electrons. The average molecular weight is 580 g/mol. The first-order valence-electron chi connectivity index (χ1n) is 12.1. The summed E-state index contributed by atoms with van der Waals surface area (Å²) in [5, 5.41) is 19.5. The summed E-state index contributed by atoms with van der Waals surface area (Å²) in [7, 11) is 0. The molecule has 1 atom stereocenters. The molecule has 12 heteroatoms. The maximum Gasteiger partial charge on any atom is 0.301 e. The van der Waals surface area contributed by atoms with E-state index in [-0.39, 0.29) is 33.4 Å². The Kier molecular flexibility index (Phi) is 6.95. The Morgan fingerprint density at radius 3 is 2.48 bits per heavy atom. The molecule has 1 fully saturated rings. The van der Waals surface area contributed by atoms with Gasteiger partial charge in [0.1, 0.15) is 36.6 Å². The summed E-state index contributed by atoms with van der Waals surface area (Å²) in [6, 6.07) is 15.3. The molecule has 0 aliphatic carbocycles. The largest absolute Gasteiger partial charge is 0.507 e. The van der Waals surface area contributed by atoms with Crippen molar-refractivity contribution in [2.24, 2.45) is 0 Å². The van der Waals surface area contributed by atoms with Gasteiger partial charge in [-0.15, -0.1) is 10.2 Å². The number of aliphatic hydroxyl groups is 1. The summed E-state index contributed by atoms with van der Waals surface area (Å²) in [4.78, 5) is 27.8. The lowest BCUT2D eigenvalue weighted by molar-refractivity contribution is -0.132. The number of Topliss-reactive ketones (excluding diaryl/α,β-unsaturated/α-hetero) is 1. The normalized spacial score (nSPS) is 17.9. The maximum atomic E-state index is 15.1. The van der Waals surface area contributed by atoms with Crippen molar-refractivity contribution >= 4 is 45.7 Å². The molecule has 1 amide bonds. The average Bonchev–Trinajstić information content (AvgIpc) is 3.54. The Morgan fingerprint density at radius 1 is 0.975 bits per heavy atom. The Hall–Kier alpha value is -4.29. The monoisotopic (exact) mass is 579 g/mol. The quantitative estimate of drug-likeness (QED) is 0.105. The Bertz CT molecular complexity index is 1680. The number of halogens is 2. The third-order valence-corrected chi connectivity index (χ3v) is 8.48.